The van der Waals surface area contributed by atoms with E-state index in [0.717, 1.165) is 19.8 Å². The van der Waals surface area contributed by atoms with E-state index in [1.165, 1.54) is 32.6 Å². The van der Waals surface area contributed by atoms with Crippen LogP contribution in [0.1, 0.15) is 19.3 Å². The third-order valence-corrected chi connectivity index (χ3v) is 20.1. The van der Waals surface area contributed by atoms with Gasteiger partial charge in [-0.15, -0.1) is 0 Å². The standard InChI is InChI=1S/C6H5.3C4H9O.Sn/c1-2-4-6-5-3-1;3*1-3-4-5-2;/h1-5H;3*1,3-4H2,2H3;. The quantitative estimate of drug-likeness (QED) is 0.365. The van der Waals surface area contributed by atoms with E-state index in [2.05, 4.69) is 30.3 Å². The summed E-state index contributed by atoms with van der Waals surface area (Å²) >= 11 is -2.41. The molecule has 0 aromatic heterocycles. The molecule has 1 aromatic carbocycles. The molecule has 126 valence electrons. The van der Waals surface area contributed by atoms with Crippen molar-refractivity contribution in [2.45, 2.75) is 32.6 Å². The first-order valence-electron chi connectivity index (χ1n) is 8.31. The topological polar surface area (TPSA) is 27.7 Å². The van der Waals surface area contributed by atoms with Crippen LogP contribution in [0.15, 0.2) is 30.3 Å². The van der Waals surface area contributed by atoms with Gasteiger partial charge in [-0.3, -0.25) is 0 Å². The van der Waals surface area contributed by atoms with Gasteiger partial charge in [0, 0.05) is 0 Å². The van der Waals surface area contributed by atoms with Gasteiger partial charge in [-0.2, -0.15) is 0 Å². The molecule has 0 atom stereocenters. The molecule has 0 N–H and O–H groups in total. The molecule has 1 rings (SSSR count). The molecule has 0 bridgehead atoms. The fourth-order valence-electron chi connectivity index (χ4n) is 3.26. The summed E-state index contributed by atoms with van der Waals surface area (Å²) in [5.74, 6) is 0. The molecule has 1 aromatic rings. The van der Waals surface area contributed by atoms with Gasteiger partial charge in [0.1, 0.15) is 0 Å². The van der Waals surface area contributed by atoms with Crippen molar-refractivity contribution in [1.82, 2.24) is 0 Å². The van der Waals surface area contributed by atoms with Crippen molar-refractivity contribution in [3.63, 3.8) is 0 Å². The second kappa shape index (κ2) is 12.3. The Balaban J connectivity index is 2.88. The molecule has 4 heteroatoms. The van der Waals surface area contributed by atoms with E-state index in [-0.39, 0.29) is 0 Å². The van der Waals surface area contributed by atoms with Crippen molar-refractivity contribution in [2.75, 3.05) is 41.2 Å². The van der Waals surface area contributed by atoms with Crippen LogP contribution < -0.4 is 3.58 Å². The molecule has 0 saturated heterocycles. The Kier molecular flexibility index (Phi) is 11.2. The Morgan fingerprint density at radius 1 is 0.682 bits per heavy atom. The predicted octanol–water partition coefficient (Wildman–Crippen LogP) is 3.45. The summed E-state index contributed by atoms with van der Waals surface area (Å²) in [5.41, 5.74) is 0. The van der Waals surface area contributed by atoms with Gasteiger partial charge < -0.3 is 0 Å². The SMILES string of the molecule is COCC[CH2][Sn]([CH2]CCOC)([CH2]CCOC)[c]1ccccc1. The van der Waals surface area contributed by atoms with Crippen molar-refractivity contribution < 1.29 is 14.2 Å². The number of ether oxygens (including phenoxy) is 3. The summed E-state index contributed by atoms with van der Waals surface area (Å²) < 4.78 is 21.7. The molecule has 0 heterocycles. The molecule has 0 aliphatic heterocycles. The maximum absolute atomic E-state index is 5.31. The zero-order chi connectivity index (χ0) is 16.1. The van der Waals surface area contributed by atoms with Crippen LogP contribution in [-0.4, -0.2) is 59.5 Å². The average Bonchev–Trinajstić information content (AvgIpc) is 2.56. The van der Waals surface area contributed by atoms with Crippen LogP contribution in [0.25, 0.3) is 0 Å². The summed E-state index contributed by atoms with van der Waals surface area (Å²) in [7, 11) is 5.40. The van der Waals surface area contributed by atoms with E-state index in [0.29, 0.717) is 0 Å². The summed E-state index contributed by atoms with van der Waals surface area (Å²) in [5, 5.41) is 0. The Labute approximate surface area is 140 Å². The van der Waals surface area contributed by atoms with Crippen molar-refractivity contribution in [2.24, 2.45) is 0 Å². The van der Waals surface area contributed by atoms with Crippen LogP contribution >= 0.6 is 0 Å². The van der Waals surface area contributed by atoms with Gasteiger partial charge in [0.2, 0.25) is 0 Å². The molecule has 0 aliphatic rings. The fourth-order valence-corrected chi connectivity index (χ4v) is 17.5. The van der Waals surface area contributed by atoms with E-state index in [1.807, 2.05) is 0 Å². The molecule has 22 heavy (non-hydrogen) atoms. The van der Waals surface area contributed by atoms with Gasteiger partial charge in [-0.25, -0.2) is 0 Å². The minimum atomic E-state index is -2.41. The number of rotatable bonds is 13. The number of hydrogen-bond donors (Lipinski definition) is 0. The number of methoxy groups -OCH3 is 3. The fraction of sp³-hybridized carbons (Fsp3) is 0.667. The number of benzene rings is 1. The monoisotopic (exact) mass is 416 g/mol. The first-order valence-corrected chi connectivity index (χ1v) is 15.8. The molecule has 3 nitrogen and oxygen atoms in total. The van der Waals surface area contributed by atoms with E-state index >= 15 is 0 Å². The summed E-state index contributed by atoms with van der Waals surface area (Å²) in [6.07, 6.45) is 3.55. The molecule has 0 radical (unpaired) electrons. The second-order valence-electron chi connectivity index (χ2n) is 5.94. The zero-order valence-corrected chi connectivity index (χ0v) is 17.3. The van der Waals surface area contributed by atoms with E-state index in [9.17, 15) is 0 Å². The van der Waals surface area contributed by atoms with E-state index in [1.54, 1.807) is 24.9 Å². The molecule has 0 aliphatic carbocycles. The second-order valence-corrected chi connectivity index (χ2v) is 19.2. The maximum atomic E-state index is 5.31. The third kappa shape index (κ3) is 6.98. The van der Waals surface area contributed by atoms with Crippen molar-refractivity contribution in [3.05, 3.63) is 30.3 Å². The van der Waals surface area contributed by atoms with Gasteiger partial charge in [0.15, 0.2) is 0 Å². The molecular weight excluding hydrogens is 383 g/mol. The molecule has 0 fully saturated rings. The van der Waals surface area contributed by atoms with Crippen molar-refractivity contribution in [1.29, 1.82) is 0 Å². The Hall–Kier alpha value is -0.101. The molecule has 0 unspecified atom stereocenters. The first-order chi connectivity index (χ1) is 10.8. The van der Waals surface area contributed by atoms with E-state index < -0.39 is 18.4 Å². The average molecular weight is 415 g/mol. The van der Waals surface area contributed by atoms with E-state index in [4.69, 9.17) is 14.2 Å². The van der Waals surface area contributed by atoms with Crippen LogP contribution in [0.3, 0.4) is 0 Å². The van der Waals surface area contributed by atoms with Crippen LogP contribution in [0.4, 0.5) is 0 Å². The van der Waals surface area contributed by atoms with Gasteiger partial charge in [-0.1, -0.05) is 0 Å². The van der Waals surface area contributed by atoms with Crippen molar-refractivity contribution >= 4 is 22.0 Å². The molecular formula is C18H32O3Sn. The van der Waals surface area contributed by atoms with Gasteiger partial charge >= 0.3 is 140 Å². The summed E-state index contributed by atoms with van der Waals surface area (Å²) in [4.78, 5) is 0. The third-order valence-electron chi connectivity index (χ3n) is 4.40. The first kappa shape index (κ1) is 19.9. The van der Waals surface area contributed by atoms with Crippen molar-refractivity contribution in [3.8, 4) is 0 Å². The Morgan fingerprint density at radius 3 is 1.45 bits per heavy atom. The molecule has 0 amide bonds. The van der Waals surface area contributed by atoms with Gasteiger partial charge in [-0.05, 0) is 0 Å². The number of hydrogen-bond acceptors (Lipinski definition) is 3. The summed E-state index contributed by atoms with van der Waals surface area (Å²) in [6.45, 7) is 2.63. The van der Waals surface area contributed by atoms with Crippen LogP contribution in [0, 0.1) is 0 Å². The molecule has 0 spiro atoms. The Morgan fingerprint density at radius 2 is 1.09 bits per heavy atom. The Bertz CT molecular complexity index is 343. The van der Waals surface area contributed by atoms with Gasteiger partial charge in [0.05, 0.1) is 0 Å². The predicted molar refractivity (Wildman–Crippen MR) is 95.7 cm³/mol. The zero-order valence-electron chi connectivity index (χ0n) is 14.5. The summed E-state index contributed by atoms with van der Waals surface area (Å²) in [6, 6.07) is 11.2. The van der Waals surface area contributed by atoms with Crippen LogP contribution in [0.5, 0.6) is 0 Å². The van der Waals surface area contributed by atoms with Crippen LogP contribution in [0.2, 0.25) is 13.3 Å². The normalized spacial score (nSPS) is 11.8. The minimum absolute atomic E-state index is 0.875. The van der Waals surface area contributed by atoms with Gasteiger partial charge in [0.25, 0.3) is 0 Å². The van der Waals surface area contributed by atoms with Crippen LogP contribution in [-0.2, 0) is 14.2 Å². The molecule has 0 saturated carbocycles.